The third-order valence-corrected chi connectivity index (χ3v) is 1.51. The first kappa shape index (κ1) is 11.2. The second-order valence-electron chi connectivity index (χ2n) is 3.22. The third-order valence-electron chi connectivity index (χ3n) is 1.51. The Morgan fingerprint density at radius 2 is 2.25 bits per heavy atom. The van der Waals surface area contributed by atoms with Gasteiger partial charge >= 0.3 is 5.97 Å². The smallest absolute Gasteiger partial charge is 0.320 e. The van der Waals surface area contributed by atoms with Crippen LogP contribution in [0, 0.1) is 5.92 Å². The highest BCUT2D eigenvalue weighted by Gasteiger charge is 2.16. The van der Waals surface area contributed by atoms with Gasteiger partial charge in [0.05, 0.1) is 0 Å². The van der Waals surface area contributed by atoms with E-state index < -0.39 is 12.0 Å². The first-order valence-electron chi connectivity index (χ1n) is 4.15. The largest absolute Gasteiger partial charge is 0.480 e. The molecule has 3 nitrogen and oxygen atoms in total. The molecule has 0 rings (SSSR count). The zero-order chi connectivity index (χ0) is 9.56. The molecule has 70 valence electrons. The highest BCUT2D eigenvalue weighted by atomic mass is 16.4. The number of nitrogens with one attached hydrogen (secondary N) is 1. The number of carbonyl (C=O) groups is 1. The Kier molecular flexibility index (Phi) is 5.37. The van der Waals surface area contributed by atoms with Crippen LogP contribution in [0.1, 0.15) is 20.3 Å². The van der Waals surface area contributed by atoms with Crippen molar-refractivity contribution in [3.05, 3.63) is 12.7 Å². The molecule has 0 spiro atoms. The van der Waals surface area contributed by atoms with Gasteiger partial charge in [-0.1, -0.05) is 19.9 Å². The fourth-order valence-electron chi connectivity index (χ4n) is 0.968. The van der Waals surface area contributed by atoms with Gasteiger partial charge in [-0.15, -0.1) is 6.58 Å². The van der Waals surface area contributed by atoms with Gasteiger partial charge in [0.25, 0.3) is 0 Å². The van der Waals surface area contributed by atoms with Gasteiger partial charge in [-0.2, -0.15) is 0 Å². The van der Waals surface area contributed by atoms with Crippen LogP contribution in [-0.4, -0.2) is 23.7 Å². The molecule has 1 atom stereocenters. The quantitative estimate of drug-likeness (QED) is 0.591. The van der Waals surface area contributed by atoms with Gasteiger partial charge < -0.3 is 10.4 Å². The van der Waals surface area contributed by atoms with Crippen LogP contribution in [0.5, 0.6) is 0 Å². The molecule has 0 saturated carbocycles. The van der Waals surface area contributed by atoms with Crippen molar-refractivity contribution in [1.82, 2.24) is 5.32 Å². The van der Waals surface area contributed by atoms with Crippen molar-refractivity contribution < 1.29 is 9.90 Å². The van der Waals surface area contributed by atoms with Gasteiger partial charge in [0.2, 0.25) is 0 Å². The number of carboxylic acids is 1. The van der Waals surface area contributed by atoms with Gasteiger partial charge in [0.15, 0.2) is 0 Å². The van der Waals surface area contributed by atoms with Crippen molar-refractivity contribution >= 4 is 5.97 Å². The van der Waals surface area contributed by atoms with Crippen molar-refractivity contribution in [1.29, 1.82) is 0 Å². The molecular weight excluding hydrogens is 154 g/mol. The molecule has 12 heavy (non-hydrogen) atoms. The minimum atomic E-state index is -0.787. The monoisotopic (exact) mass is 171 g/mol. The van der Waals surface area contributed by atoms with Gasteiger partial charge in [-0.3, -0.25) is 4.79 Å². The predicted octanol–water partition coefficient (Wildman–Crippen LogP) is 1.26. The van der Waals surface area contributed by atoms with E-state index in [1.54, 1.807) is 6.08 Å². The Balaban J connectivity index is 3.86. The molecule has 0 aromatic heterocycles. The van der Waals surface area contributed by atoms with E-state index in [1.807, 2.05) is 13.8 Å². The molecule has 3 heteroatoms. The lowest BCUT2D eigenvalue weighted by Crippen LogP contribution is -2.37. The number of hydrogen-bond acceptors (Lipinski definition) is 2. The summed E-state index contributed by atoms with van der Waals surface area (Å²) >= 11 is 0. The van der Waals surface area contributed by atoms with Gasteiger partial charge in [0.1, 0.15) is 6.04 Å². The van der Waals surface area contributed by atoms with Crippen LogP contribution in [0.2, 0.25) is 0 Å². The predicted molar refractivity (Wildman–Crippen MR) is 49.1 cm³/mol. The molecule has 0 aromatic carbocycles. The van der Waals surface area contributed by atoms with E-state index in [2.05, 4.69) is 11.9 Å². The first-order chi connectivity index (χ1) is 5.57. The van der Waals surface area contributed by atoms with Crippen molar-refractivity contribution in [2.75, 3.05) is 6.54 Å². The first-order valence-corrected chi connectivity index (χ1v) is 4.15. The molecule has 0 radical (unpaired) electrons. The zero-order valence-corrected chi connectivity index (χ0v) is 7.71. The summed E-state index contributed by atoms with van der Waals surface area (Å²) in [7, 11) is 0. The Morgan fingerprint density at radius 3 is 2.58 bits per heavy atom. The summed E-state index contributed by atoms with van der Waals surface area (Å²) < 4.78 is 0. The lowest BCUT2D eigenvalue weighted by molar-refractivity contribution is -0.139. The number of rotatable bonds is 6. The van der Waals surface area contributed by atoms with E-state index in [9.17, 15) is 4.79 Å². The maximum atomic E-state index is 10.6. The van der Waals surface area contributed by atoms with E-state index in [0.29, 0.717) is 18.9 Å². The molecule has 0 aliphatic rings. The summed E-state index contributed by atoms with van der Waals surface area (Å²) in [6.07, 6.45) is 2.32. The Morgan fingerprint density at radius 1 is 1.67 bits per heavy atom. The maximum Gasteiger partial charge on any atom is 0.320 e. The Hall–Kier alpha value is -0.830. The summed E-state index contributed by atoms with van der Waals surface area (Å²) in [6, 6.07) is -0.442. The molecule has 0 heterocycles. The van der Waals surface area contributed by atoms with E-state index >= 15 is 0 Å². The highest BCUT2D eigenvalue weighted by molar-refractivity contribution is 5.73. The fraction of sp³-hybridized carbons (Fsp3) is 0.667. The minimum absolute atomic E-state index is 0.392. The molecular formula is C9H17NO2. The van der Waals surface area contributed by atoms with Crippen molar-refractivity contribution in [3.63, 3.8) is 0 Å². The van der Waals surface area contributed by atoms with Crippen LogP contribution >= 0.6 is 0 Å². The average Bonchev–Trinajstić information content (AvgIpc) is 1.96. The number of carboxylic acid groups (broad SMARTS) is 1. The summed E-state index contributed by atoms with van der Waals surface area (Å²) in [4.78, 5) is 10.6. The summed E-state index contributed by atoms with van der Waals surface area (Å²) in [5.74, 6) is -0.394. The van der Waals surface area contributed by atoms with E-state index in [1.165, 1.54) is 0 Å². The molecule has 0 fully saturated rings. The summed E-state index contributed by atoms with van der Waals surface area (Å²) in [5.41, 5.74) is 0. The standard InChI is InChI=1S/C9H17NO2/c1-4-5-10-8(9(11)12)6-7(2)3/h4,7-8,10H,1,5-6H2,2-3H3,(H,11,12). The molecule has 0 bridgehead atoms. The second-order valence-corrected chi connectivity index (χ2v) is 3.22. The topological polar surface area (TPSA) is 49.3 Å². The highest BCUT2D eigenvalue weighted by Crippen LogP contribution is 2.04. The van der Waals surface area contributed by atoms with Crippen molar-refractivity contribution in [2.45, 2.75) is 26.3 Å². The van der Waals surface area contributed by atoms with Crippen molar-refractivity contribution in [2.24, 2.45) is 5.92 Å². The second kappa shape index (κ2) is 5.77. The lowest BCUT2D eigenvalue weighted by atomic mass is 10.0. The Labute approximate surface area is 73.5 Å². The zero-order valence-electron chi connectivity index (χ0n) is 7.71. The minimum Gasteiger partial charge on any atom is -0.480 e. The van der Waals surface area contributed by atoms with E-state index in [0.717, 1.165) is 0 Å². The summed E-state index contributed by atoms with van der Waals surface area (Å²) in [6.45, 7) is 8.07. The normalized spacial score (nSPS) is 12.9. The van der Waals surface area contributed by atoms with E-state index in [4.69, 9.17) is 5.11 Å². The molecule has 0 aliphatic heterocycles. The Bertz CT molecular complexity index is 155. The van der Waals surface area contributed by atoms with Crippen LogP contribution in [0.15, 0.2) is 12.7 Å². The SMILES string of the molecule is C=CCNC(CC(C)C)C(=O)O. The molecule has 0 amide bonds. The van der Waals surface area contributed by atoms with Crippen LogP contribution < -0.4 is 5.32 Å². The molecule has 0 aromatic rings. The summed E-state index contributed by atoms with van der Waals surface area (Å²) in [5, 5.41) is 11.6. The van der Waals surface area contributed by atoms with Crippen LogP contribution in [0.25, 0.3) is 0 Å². The van der Waals surface area contributed by atoms with Crippen LogP contribution in [-0.2, 0) is 4.79 Å². The van der Waals surface area contributed by atoms with Gasteiger partial charge in [-0.25, -0.2) is 0 Å². The number of hydrogen-bond donors (Lipinski definition) is 2. The maximum absolute atomic E-state index is 10.6. The van der Waals surface area contributed by atoms with E-state index in [-0.39, 0.29) is 0 Å². The number of aliphatic carboxylic acids is 1. The fourth-order valence-corrected chi connectivity index (χ4v) is 0.968. The van der Waals surface area contributed by atoms with Gasteiger partial charge in [-0.05, 0) is 12.3 Å². The molecule has 2 N–H and O–H groups in total. The molecule has 1 unspecified atom stereocenters. The molecule has 0 aliphatic carbocycles. The van der Waals surface area contributed by atoms with Crippen molar-refractivity contribution in [3.8, 4) is 0 Å². The third kappa shape index (κ3) is 4.91. The van der Waals surface area contributed by atoms with Crippen LogP contribution in [0.3, 0.4) is 0 Å². The molecule has 0 saturated heterocycles. The van der Waals surface area contributed by atoms with Gasteiger partial charge in [0, 0.05) is 6.54 Å². The average molecular weight is 171 g/mol. The van der Waals surface area contributed by atoms with Crippen LogP contribution in [0.4, 0.5) is 0 Å². The lowest BCUT2D eigenvalue weighted by Gasteiger charge is -2.14.